The molecule has 3 rings (SSSR count). The highest BCUT2D eigenvalue weighted by atomic mass is 35.5. The largest absolute Gasteiger partial charge is 0.394 e. The molecule has 0 aromatic carbocycles. The summed E-state index contributed by atoms with van der Waals surface area (Å²) >= 11 is 11.0. The summed E-state index contributed by atoms with van der Waals surface area (Å²) in [5, 5.41) is 9.49. The molecular weight excluding hydrogens is 332 g/mol. The summed E-state index contributed by atoms with van der Waals surface area (Å²) in [7, 11) is 0. The van der Waals surface area contributed by atoms with E-state index in [-0.39, 0.29) is 22.8 Å². The highest BCUT2D eigenvalue weighted by Gasteiger charge is 2.55. The third-order valence-corrected chi connectivity index (χ3v) is 4.37. The molecule has 1 aromatic heterocycles. The van der Waals surface area contributed by atoms with Gasteiger partial charge in [0.15, 0.2) is 16.8 Å². The Labute approximate surface area is 136 Å². The normalized spacial score (nSPS) is 33.1. The molecule has 7 nitrogen and oxygen atoms in total. The second-order valence-electron chi connectivity index (χ2n) is 5.77. The van der Waals surface area contributed by atoms with Gasteiger partial charge in [0.1, 0.15) is 18.3 Å². The van der Waals surface area contributed by atoms with Crippen LogP contribution in [0, 0.1) is 4.77 Å². The number of hydrogen-bond donors (Lipinski definition) is 2. The average molecular weight is 349 g/mol. The maximum Gasteiger partial charge on any atom is 0.256 e. The summed E-state index contributed by atoms with van der Waals surface area (Å²) in [4.78, 5) is 14.3. The van der Waals surface area contributed by atoms with Crippen LogP contribution in [-0.2, 0) is 20.1 Å². The predicted octanol–water partition coefficient (Wildman–Crippen LogP) is 1.05. The van der Waals surface area contributed by atoms with Crippen molar-refractivity contribution < 1.29 is 19.3 Å². The molecule has 2 N–H and O–H groups in total. The SMILES string of the molecule is CC1(C)OC2[C@H](n3cc(CCl)c(=O)[nH]c3=S)O[C@H](CO)[C@H]2O1. The van der Waals surface area contributed by atoms with E-state index in [4.69, 9.17) is 38.0 Å². The maximum atomic E-state index is 11.7. The van der Waals surface area contributed by atoms with Crippen LogP contribution in [0.2, 0.25) is 0 Å². The number of nitrogens with one attached hydrogen (secondary N) is 1. The minimum atomic E-state index is -0.773. The van der Waals surface area contributed by atoms with E-state index < -0.39 is 30.3 Å². The number of alkyl halides is 1. The Morgan fingerprint density at radius 3 is 2.77 bits per heavy atom. The molecule has 2 aliphatic rings. The van der Waals surface area contributed by atoms with E-state index in [0.29, 0.717) is 5.56 Å². The van der Waals surface area contributed by atoms with E-state index in [2.05, 4.69) is 4.98 Å². The molecule has 0 aliphatic carbocycles. The van der Waals surface area contributed by atoms with Crippen molar-refractivity contribution >= 4 is 23.8 Å². The highest BCUT2D eigenvalue weighted by molar-refractivity contribution is 7.71. The zero-order chi connectivity index (χ0) is 16.1. The van der Waals surface area contributed by atoms with Gasteiger partial charge in [-0.25, -0.2) is 0 Å². The van der Waals surface area contributed by atoms with Gasteiger partial charge in [0, 0.05) is 11.8 Å². The molecule has 0 spiro atoms. The smallest absolute Gasteiger partial charge is 0.256 e. The quantitative estimate of drug-likeness (QED) is 0.627. The number of fused-ring (bicyclic) bond motifs is 1. The number of nitrogens with zero attached hydrogens (tertiary/aromatic N) is 1. The number of H-pyrrole nitrogens is 1. The van der Waals surface area contributed by atoms with Gasteiger partial charge in [-0.15, -0.1) is 11.6 Å². The molecule has 9 heteroatoms. The van der Waals surface area contributed by atoms with Crippen molar-refractivity contribution in [2.75, 3.05) is 6.61 Å². The van der Waals surface area contributed by atoms with Crippen molar-refractivity contribution in [2.24, 2.45) is 0 Å². The minimum absolute atomic E-state index is 0.0536. The molecule has 3 heterocycles. The predicted molar refractivity (Wildman–Crippen MR) is 80.3 cm³/mol. The summed E-state index contributed by atoms with van der Waals surface area (Å²) in [5.74, 6) is -0.720. The Kier molecular flexibility index (Phi) is 4.17. The Morgan fingerprint density at radius 1 is 1.45 bits per heavy atom. The minimum Gasteiger partial charge on any atom is -0.394 e. The number of aromatic nitrogens is 2. The van der Waals surface area contributed by atoms with Gasteiger partial charge in [0.2, 0.25) is 0 Å². The van der Waals surface area contributed by atoms with Crippen LogP contribution in [0.4, 0.5) is 0 Å². The standard InChI is InChI=1S/C13H17ClN2O5S/c1-13(2)20-8-7(5-17)19-11(9(8)21-13)16-4-6(3-14)10(18)15-12(16)22/h4,7-9,11,17H,3,5H2,1-2H3,(H,15,18,22)/t7-,8-,9?,11-/m1/s1. The third-order valence-electron chi connectivity index (χ3n) is 3.76. The summed E-state index contributed by atoms with van der Waals surface area (Å²) in [6.45, 7) is 3.40. The molecule has 22 heavy (non-hydrogen) atoms. The van der Waals surface area contributed by atoms with E-state index in [9.17, 15) is 9.90 Å². The van der Waals surface area contributed by atoms with Crippen LogP contribution in [0.15, 0.2) is 11.0 Å². The Morgan fingerprint density at radius 2 is 2.14 bits per heavy atom. The lowest BCUT2D eigenvalue weighted by molar-refractivity contribution is -0.200. The van der Waals surface area contributed by atoms with E-state index >= 15 is 0 Å². The molecular formula is C13H17ClN2O5S. The van der Waals surface area contributed by atoms with Crippen molar-refractivity contribution in [3.05, 3.63) is 26.9 Å². The lowest BCUT2D eigenvalue weighted by Crippen LogP contribution is -2.31. The maximum absolute atomic E-state index is 11.7. The highest BCUT2D eigenvalue weighted by Crippen LogP contribution is 2.42. The monoisotopic (exact) mass is 348 g/mol. The number of rotatable bonds is 3. The van der Waals surface area contributed by atoms with Crippen molar-refractivity contribution in [2.45, 2.75) is 50.1 Å². The first-order chi connectivity index (χ1) is 10.4. The van der Waals surface area contributed by atoms with E-state index in [1.54, 1.807) is 24.6 Å². The Bertz CT molecular complexity index is 688. The second-order valence-corrected chi connectivity index (χ2v) is 6.42. The number of aliphatic hydroxyl groups excluding tert-OH is 1. The van der Waals surface area contributed by atoms with Gasteiger partial charge < -0.3 is 19.3 Å². The van der Waals surface area contributed by atoms with Crippen LogP contribution in [0.25, 0.3) is 0 Å². The fourth-order valence-electron chi connectivity index (χ4n) is 2.84. The molecule has 2 aliphatic heterocycles. The molecule has 122 valence electrons. The van der Waals surface area contributed by atoms with Gasteiger partial charge in [0.05, 0.1) is 12.5 Å². The van der Waals surface area contributed by atoms with Gasteiger partial charge in [0.25, 0.3) is 5.56 Å². The molecule has 4 atom stereocenters. The lowest BCUT2D eigenvalue weighted by Gasteiger charge is -2.25. The Balaban J connectivity index is 2.02. The number of ether oxygens (including phenoxy) is 3. The lowest BCUT2D eigenvalue weighted by atomic mass is 10.1. The number of aliphatic hydroxyl groups is 1. The molecule has 0 radical (unpaired) electrons. The summed E-state index contributed by atoms with van der Waals surface area (Å²) in [6, 6.07) is 0. The number of aromatic amines is 1. The molecule has 1 aromatic rings. The molecule has 1 unspecified atom stereocenters. The van der Waals surface area contributed by atoms with Crippen molar-refractivity contribution in [3.63, 3.8) is 0 Å². The van der Waals surface area contributed by atoms with Crippen LogP contribution in [0.1, 0.15) is 25.6 Å². The van der Waals surface area contributed by atoms with Crippen molar-refractivity contribution in [1.29, 1.82) is 0 Å². The van der Waals surface area contributed by atoms with Gasteiger partial charge in [-0.2, -0.15) is 0 Å². The molecule has 0 bridgehead atoms. The summed E-state index contributed by atoms with van der Waals surface area (Å²) in [6.07, 6.45) is -0.406. The van der Waals surface area contributed by atoms with Crippen LogP contribution < -0.4 is 5.56 Å². The molecule has 0 saturated carbocycles. The van der Waals surface area contributed by atoms with Gasteiger partial charge in [-0.05, 0) is 26.1 Å². The van der Waals surface area contributed by atoms with Crippen molar-refractivity contribution in [3.8, 4) is 0 Å². The van der Waals surface area contributed by atoms with Gasteiger partial charge in [-0.1, -0.05) is 0 Å². The Hall–Kier alpha value is -0.770. The molecule has 2 saturated heterocycles. The first-order valence-electron chi connectivity index (χ1n) is 6.88. The van der Waals surface area contributed by atoms with Crippen LogP contribution in [0.3, 0.4) is 0 Å². The van der Waals surface area contributed by atoms with E-state index in [1.807, 2.05) is 0 Å². The zero-order valence-electron chi connectivity index (χ0n) is 12.1. The second kappa shape index (κ2) is 5.70. The zero-order valence-corrected chi connectivity index (χ0v) is 13.7. The van der Waals surface area contributed by atoms with Crippen LogP contribution in [0.5, 0.6) is 0 Å². The average Bonchev–Trinajstić information content (AvgIpc) is 2.92. The fraction of sp³-hybridized carbons (Fsp3) is 0.692. The first-order valence-corrected chi connectivity index (χ1v) is 7.83. The van der Waals surface area contributed by atoms with Crippen molar-refractivity contribution in [1.82, 2.24) is 9.55 Å². The summed E-state index contributed by atoms with van der Waals surface area (Å²) in [5.41, 5.74) is 0.0504. The topological polar surface area (TPSA) is 85.7 Å². The number of halogens is 1. The van der Waals surface area contributed by atoms with Crippen LogP contribution in [-0.4, -0.2) is 45.4 Å². The third kappa shape index (κ3) is 2.64. The molecule has 2 fully saturated rings. The van der Waals surface area contributed by atoms with E-state index in [1.165, 1.54) is 0 Å². The first kappa shape index (κ1) is 16.1. The van der Waals surface area contributed by atoms with Gasteiger partial charge >= 0.3 is 0 Å². The van der Waals surface area contributed by atoms with E-state index in [0.717, 1.165) is 0 Å². The molecule has 0 amide bonds. The van der Waals surface area contributed by atoms with Crippen LogP contribution >= 0.6 is 23.8 Å². The number of hydrogen-bond acceptors (Lipinski definition) is 6. The fourth-order valence-corrected chi connectivity index (χ4v) is 3.28. The van der Waals surface area contributed by atoms with Gasteiger partial charge in [-0.3, -0.25) is 14.3 Å². The summed E-state index contributed by atoms with van der Waals surface area (Å²) < 4.78 is 19.3.